The van der Waals surface area contributed by atoms with Crippen molar-refractivity contribution in [3.63, 3.8) is 0 Å². The lowest BCUT2D eigenvalue weighted by Crippen LogP contribution is -2.24. The standard InChI is InChI=1S/C13H9ClN2O5/c14-6-3-1-2-5(4-6)7-8(12(18)19)10(15)16-11(17)9(7)13(20)21/h1-4H,(H,18,19)(H,20,21)(H3,15,16,17). The number of rotatable bonds is 3. The van der Waals surface area contributed by atoms with E-state index in [1.54, 1.807) is 0 Å². The van der Waals surface area contributed by atoms with Crippen molar-refractivity contribution in [3.05, 3.63) is 50.8 Å². The number of pyridine rings is 1. The molecule has 0 amide bonds. The van der Waals surface area contributed by atoms with Gasteiger partial charge in [-0.3, -0.25) is 4.79 Å². The number of carboxylic acids is 2. The Bertz CT molecular complexity index is 813. The summed E-state index contributed by atoms with van der Waals surface area (Å²) in [6.07, 6.45) is 0. The Balaban J connectivity index is 2.99. The number of carbonyl (C=O) groups is 2. The molecule has 0 saturated heterocycles. The highest BCUT2D eigenvalue weighted by molar-refractivity contribution is 6.31. The minimum atomic E-state index is -1.56. The summed E-state index contributed by atoms with van der Waals surface area (Å²) < 4.78 is 0. The summed E-state index contributed by atoms with van der Waals surface area (Å²) in [6.45, 7) is 0. The van der Waals surface area contributed by atoms with E-state index in [4.69, 9.17) is 17.3 Å². The number of nitrogen functional groups attached to an aromatic ring is 1. The molecule has 21 heavy (non-hydrogen) atoms. The van der Waals surface area contributed by atoms with Crippen LogP contribution in [0.15, 0.2) is 29.1 Å². The van der Waals surface area contributed by atoms with Crippen molar-refractivity contribution in [2.45, 2.75) is 0 Å². The van der Waals surface area contributed by atoms with Crippen molar-refractivity contribution in [2.75, 3.05) is 5.73 Å². The van der Waals surface area contributed by atoms with Crippen LogP contribution < -0.4 is 11.3 Å². The Hall–Kier alpha value is -2.80. The second kappa shape index (κ2) is 5.29. The summed E-state index contributed by atoms with van der Waals surface area (Å²) in [4.78, 5) is 36.5. The number of aromatic amines is 1. The fourth-order valence-corrected chi connectivity index (χ4v) is 2.17. The van der Waals surface area contributed by atoms with Gasteiger partial charge in [0.2, 0.25) is 0 Å². The van der Waals surface area contributed by atoms with Crippen LogP contribution in [0, 0.1) is 0 Å². The molecule has 1 aromatic heterocycles. The van der Waals surface area contributed by atoms with Gasteiger partial charge in [-0.05, 0) is 17.7 Å². The van der Waals surface area contributed by atoms with Crippen LogP contribution in [0.2, 0.25) is 5.02 Å². The van der Waals surface area contributed by atoms with Crippen molar-refractivity contribution in [3.8, 4) is 11.1 Å². The number of H-pyrrole nitrogens is 1. The third-order valence-corrected chi connectivity index (χ3v) is 3.02. The van der Waals surface area contributed by atoms with E-state index >= 15 is 0 Å². The molecule has 0 bridgehead atoms. The molecule has 0 saturated carbocycles. The summed E-state index contributed by atoms with van der Waals surface area (Å²) in [7, 11) is 0. The maximum absolute atomic E-state index is 11.8. The smallest absolute Gasteiger partial charge is 0.342 e. The molecular formula is C13H9ClN2O5. The van der Waals surface area contributed by atoms with Crippen molar-refractivity contribution < 1.29 is 19.8 Å². The molecule has 0 spiro atoms. The highest BCUT2D eigenvalue weighted by Gasteiger charge is 2.26. The SMILES string of the molecule is Nc1[nH]c(=O)c(C(=O)O)c(-c2cccc(Cl)c2)c1C(=O)O. The van der Waals surface area contributed by atoms with Gasteiger partial charge in [0.1, 0.15) is 16.9 Å². The molecule has 0 aliphatic rings. The number of nitrogens with one attached hydrogen (secondary N) is 1. The van der Waals surface area contributed by atoms with E-state index in [2.05, 4.69) is 0 Å². The van der Waals surface area contributed by atoms with Gasteiger partial charge in [0.15, 0.2) is 0 Å². The van der Waals surface area contributed by atoms with Gasteiger partial charge in [-0.15, -0.1) is 0 Å². The van der Waals surface area contributed by atoms with Crippen LogP contribution in [0.4, 0.5) is 5.82 Å². The van der Waals surface area contributed by atoms with Gasteiger partial charge in [-0.25, -0.2) is 9.59 Å². The third-order valence-electron chi connectivity index (χ3n) is 2.79. The first-order valence-electron chi connectivity index (χ1n) is 5.61. The van der Waals surface area contributed by atoms with Crippen LogP contribution in [-0.2, 0) is 0 Å². The maximum atomic E-state index is 11.8. The fourth-order valence-electron chi connectivity index (χ4n) is 1.98. The molecule has 8 heteroatoms. The maximum Gasteiger partial charge on any atom is 0.342 e. The van der Waals surface area contributed by atoms with Crippen LogP contribution in [0.3, 0.4) is 0 Å². The largest absolute Gasteiger partial charge is 0.478 e. The first-order chi connectivity index (χ1) is 9.82. The van der Waals surface area contributed by atoms with E-state index in [0.29, 0.717) is 0 Å². The molecule has 108 valence electrons. The van der Waals surface area contributed by atoms with Crippen molar-refractivity contribution in [1.82, 2.24) is 4.98 Å². The van der Waals surface area contributed by atoms with Gasteiger partial charge in [-0.1, -0.05) is 23.7 Å². The third kappa shape index (κ3) is 2.59. The van der Waals surface area contributed by atoms with E-state index in [9.17, 15) is 24.6 Å². The lowest BCUT2D eigenvalue weighted by molar-refractivity contribution is 0.0695. The minimum Gasteiger partial charge on any atom is -0.478 e. The number of benzene rings is 1. The number of carboxylic acid groups (broad SMARTS) is 2. The zero-order chi connectivity index (χ0) is 15.7. The van der Waals surface area contributed by atoms with Crippen molar-refractivity contribution in [1.29, 1.82) is 0 Å². The topological polar surface area (TPSA) is 133 Å². The molecule has 0 unspecified atom stereocenters. The zero-order valence-corrected chi connectivity index (χ0v) is 11.1. The molecule has 0 atom stereocenters. The number of nitrogens with two attached hydrogens (primary N) is 1. The van der Waals surface area contributed by atoms with E-state index in [0.717, 1.165) is 0 Å². The highest BCUT2D eigenvalue weighted by Crippen LogP contribution is 2.30. The van der Waals surface area contributed by atoms with Crippen LogP contribution >= 0.6 is 11.6 Å². The van der Waals surface area contributed by atoms with Gasteiger partial charge < -0.3 is 20.9 Å². The first-order valence-corrected chi connectivity index (χ1v) is 5.99. The van der Waals surface area contributed by atoms with E-state index in [1.807, 2.05) is 4.98 Å². The van der Waals surface area contributed by atoms with Gasteiger partial charge in [0.25, 0.3) is 5.56 Å². The van der Waals surface area contributed by atoms with Crippen LogP contribution in [0.25, 0.3) is 11.1 Å². The quantitative estimate of drug-likeness (QED) is 0.681. The Labute approximate surface area is 122 Å². The summed E-state index contributed by atoms with van der Waals surface area (Å²) in [5, 5.41) is 18.7. The molecular weight excluding hydrogens is 300 g/mol. The highest BCUT2D eigenvalue weighted by atomic mass is 35.5. The van der Waals surface area contributed by atoms with Gasteiger partial charge in [0, 0.05) is 10.6 Å². The zero-order valence-electron chi connectivity index (χ0n) is 10.4. The molecule has 2 rings (SSSR count). The Kier molecular flexibility index (Phi) is 3.68. The second-order valence-corrected chi connectivity index (χ2v) is 4.55. The number of aromatic nitrogens is 1. The van der Waals surface area contributed by atoms with E-state index in [-0.39, 0.29) is 16.1 Å². The molecule has 0 aliphatic carbocycles. The summed E-state index contributed by atoms with van der Waals surface area (Å²) >= 11 is 5.83. The number of hydrogen-bond donors (Lipinski definition) is 4. The van der Waals surface area contributed by atoms with Crippen LogP contribution in [0.5, 0.6) is 0 Å². The number of hydrogen-bond acceptors (Lipinski definition) is 4. The lowest BCUT2D eigenvalue weighted by atomic mass is 9.95. The molecule has 1 aromatic carbocycles. The fraction of sp³-hybridized carbons (Fsp3) is 0. The molecule has 0 fully saturated rings. The number of anilines is 1. The number of aromatic carboxylic acids is 2. The van der Waals surface area contributed by atoms with Gasteiger partial charge in [-0.2, -0.15) is 0 Å². The average Bonchev–Trinajstić information content (AvgIpc) is 2.36. The van der Waals surface area contributed by atoms with Crippen LogP contribution in [0.1, 0.15) is 20.7 Å². The van der Waals surface area contributed by atoms with Crippen molar-refractivity contribution in [2.24, 2.45) is 0 Å². The Morgan fingerprint density at radius 3 is 2.29 bits per heavy atom. The van der Waals surface area contributed by atoms with E-state index in [1.165, 1.54) is 24.3 Å². The number of halogens is 1. The molecule has 2 aromatic rings. The molecule has 1 heterocycles. The van der Waals surface area contributed by atoms with Crippen LogP contribution in [-0.4, -0.2) is 27.1 Å². The molecule has 0 radical (unpaired) electrons. The normalized spacial score (nSPS) is 10.3. The Morgan fingerprint density at radius 1 is 1.14 bits per heavy atom. The predicted octanol–water partition coefficient (Wildman–Crippen LogP) is 1.67. The van der Waals surface area contributed by atoms with Gasteiger partial charge >= 0.3 is 11.9 Å². The molecule has 5 N–H and O–H groups in total. The second-order valence-electron chi connectivity index (χ2n) is 4.11. The van der Waals surface area contributed by atoms with Gasteiger partial charge in [0.05, 0.1) is 0 Å². The summed E-state index contributed by atoms with van der Waals surface area (Å²) in [5.41, 5.74) is 3.22. The van der Waals surface area contributed by atoms with Crippen molar-refractivity contribution >= 4 is 29.4 Å². The molecule has 0 aliphatic heterocycles. The lowest BCUT2D eigenvalue weighted by Gasteiger charge is -2.12. The molecule has 7 nitrogen and oxygen atoms in total. The van der Waals surface area contributed by atoms with E-state index < -0.39 is 34.4 Å². The average molecular weight is 309 g/mol. The predicted molar refractivity (Wildman–Crippen MR) is 75.8 cm³/mol. The summed E-state index contributed by atoms with van der Waals surface area (Å²) in [5.74, 6) is -3.44. The first kappa shape index (κ1) is 14.6. The Morgan fingerprint density at radius 2 is 1.76 bits per heavy atom. The summed E-state index contributed by atoms with van der Waals surface area (Å²) in [6, 6.07) is 5.84. The minimum absolute atomic E-state index is 0.176. The monoisotopic (exact) mass is 308 g/mol.